The number of hydrogen-bond donors (Lipinski definition) is 1. The lowest BCUT2D eigenvalue weighted by Crippen LogP contribution is -2.22. The summed E-state index contributed by atoms with van der Waals surface area (Å²) in [4.78, 5) is 15.9. The van der Waals surface area contributed by atoms with E-state index in [1.165, 1.54) is 0 Å². The van der Waals surface area contributed by atoms with Crippen LogP contribution in [0, 0.1) is 0 Å². The number of aromatic nitrogens is 4. The number of methoxy groups -OCH3 is 2. The Morgan fingerprint density at radius 2 is 2.00 bits per heavy atom. The first-order valence-electron chi connectivity index (χ1n) is 8.88. The Bertz CT molecular complexity index is 695. The third-order valence-electron chi connectivity index (χ3n) is 4.91. The molecule has 2 atom stereocenters. The highest BCUT2D eigenvalue weighted by Gasteiger charge is 2.24. The number of aliphatic hydroxyl groups is 1. The van der Waals surface area contributed by atoms with E-state index in [4.69, 9.17) is 9.47 Å². The van der Waals surface area contributed by atoms with Gasteiger partial charge in [-0.2, -0.15) is 9.97 Å². The molecular weight excluding hydrogens is 322 g/mol. The lowest BCUT2D eigenvalue weighted by Gasteiger charge is -2.22. The average molecular weight is 349 g/mol. The molecule has 8 heteroatoms. The van der Waals surface area contributed by atoms with Gasteiger partial charge in [0.1, 0.15) is 0 Å². The number of rotatable bonds is 8. The second-order valence-electron chi connectivity index (χ2n) is 6.39. The van der Waals surface area contributed by atoms with Crippen molar-refractivity contribution in [2.75, 3.05) is 38.8 Å². The minimum Gasteiger partial charge on any atom is -0.467 e. The maximum absolute atomic E-state index is 9.45. The molecule has 25 heavy (non-hydrogen) atoms. The summed E-state index contributed by atoms with van der Waals surface area (Å²) in [6, 6.07) is 0.490. The fraction of sp³-hybridized carbons (Fsp3) is 0.706. The van der Waals surface area contributed by atoms with Crippen LogP contribution in [0.25, 0.3) is 11.2 Å². The maximum Gasteiger partial charge on any atom is 0.320 e. The molecule has 1 saturated heterocycles. The first-order chi connectivity index (χ1) is 12.2. The highest BCUT2D eigenvalue weighted by atomic mass is 16.5. The van der Waals surface area contributed by atoms with Crippen LogP contribution in [0.3, 0.4) is 0 Å². The molecule has 2 aromatic heterocycles. The zero-order chi connectivity index (χ0) is 17.8. The van der Waals surface area contributed by atoms with E-state index in [1.807, 2.05) is 6.33 Å². The Morgan fingerprint density at radius 1 is 1.24 bits per heavy atom. The molecule has 1 unspecified atom stereocenters. The molecule has 0 bridgehead atoms. The fourth-order valence-electron chi connectivity index (χ4n) is 3.42. The van der Waals surface area contributed by atoms with Gasteiger partial charge in [-0.1, -0.05) is 6.92 Å². The molecule has 1 fully saturated rings. The second kappa shape index (κ2) is 7.97. The van der Waals surface area contributed by atoms with Crippen LogP contribution in [-0.4, -0.2) is 64.6 Å². The van der Waals surface area contributed by atoms with Gasteiger partial charge in [-0.15, -0.1) is 0 Å². The van der Waals surface area contributed by atoms with Crippen molar-refractivity contribution in [2.45, 2.75) is 44.8 Å². The lowest BCUT2D eigenvalue weighted by atomic mass is 10.1. The van der Waals surface area contributed by atoms with E-state index < -0.39 is 0 Å². The molecule has 1 aliphatic heterocycles. The van der Waals surface area contributed by atoms with Crippen LogP contribution in [0.1, 0.15) is 38.6 Å². The Balaban J connectivity index is 2.02. The van der Waals surface area contributed by atoms with E-state index >= 15 is 0 Å². The monoisotopic (exact) mass is 349 g/mol. The number of ether oxygens (including phenoxy) is 2. The van der Waals surface area contributed by atoms with E-state index in [0.29, 0.717) is 12.4 Å². The molecule has 0 aliphatic carbocycles. The summed E-state index contributed by atoms with van der Waals surface area (Å²) in [6.45, 7) is 4.07. The first-order valence-corrected chi connectivity index (χ1v) is 8.88. The minimum absolute atomic E-state index is 0.00301. The van der Waals surface area contributed by atoms with Crippen molar-refractivity contribution < 1.29 is 14.6 Å². The van der Waals surface area contributed by atoms with Crippen molar-refractivity contribution in [1.29, 1.82) is 0 Å². The van der Waals surface area contributed by atoms with Crippen molar-refractivity contribution in [3.8, 4) is 6.01 Å². The van der Waals surface area contributed by atoms with Gasteiger partial charge in [0.2, 0.25) is 0 Å². The average Bonchev–Trinajstić information content (AvgIpc) is 3.32. The van der Waals surface area contributed by atoms with Crippen LogP contribution in [0.2, 0.25) is 0 Å². The molecule has 1 N–H and O–H groups in total. The van der Waals surface area contributed by atoms with Crippen LogP contribution in [0.15, 0.2) is 6.33 Å². The summed E-state index contributed by atoms with van der Waals surface area (Å²) >= 11 is 0. The number of hydrogen-bond acceptors (Lipinski definition) is 7. The standard InChI is InChI=1S/C17H27N5O3/c1-4-12(9-13(10-23)24-2)22-11-18-14-15(21-7-5-6-8-21)19-17(25-3)20-16(14)22/h11-13,23H,4-10H2,1-3H3/t12-,13?/m0/s1. The summed E-state index contributed by atoms with van der Waals surface area (Å²) in [6.07, 6.45) is 5.52. The smallest absolute Gasteiger partial charge is 0.320 e. The molecule has 3 rings (SSSR count). The van der Waals surface area contributed by atoms with Gasteiger partial charge in [0.25, 0.3) is 0 Å². The van der Waals surface area contributed by atoms with Gasteiger partial charge in [-0.05, 0) is 25.7 Å². The number of fused-ring (bicyclic) bond motifs is 1. The Hall–Kier alpha value is -1.93. The van der Waals surface area contributed by atoms with Gasteiger partial charge in [0.05, 0.1) is 26.1 Å². The first kappa shape index (κ1) is 17.9. The van der Waals surface area contributed by atoms with Crippen molar-refractivity contribution in [3.05, 3.63) is 6.33 Å². The third-order valence-corrected chi connectivity index (χ3v) is 4.91. The van der Waals surface area contributed by atoms with Gasteiger partial charge in [-0.25, -0.2) is 4.98 Å². The zero-order valence-corrected chi connectivity index (χ0v) is 15.2. The highest BCUT2D eigenvalue weighted by molar-refractivity contribution is 5.84. The van der Waals surface area contributed by atoms with E-state index in [1.54, 1.807) is 14.2 Å². The predicted octanol–water partition coefficient (Wildman–Crippen LogP) is 1.78. The van der Waals surface area contributed by atoms with Gasteiger partial charge < -0.3 is 24.0 Å². The lowest BCUT2D eigenvalue weighted by molar-refractivity contribution is 0.0328. The summed E-state index contributed by atoms with van der Waals surface area (Å²) in [5, 5.41) is 9.45. The van der Waals surface area contributed by atoms with E-state index in [-0.39, 0.29) is 18.8 Å². The Labute approximate surface area is 147 Å². The molecule has 0 radical (unpaired) electrons. The van der Waals surface area contributed by atoms with Crippen molar-refractivity contribution in [1.82, 2.24) is 19.5 Å². The molecule has 1 aliphatic rings. The quantitative estimate of drug-likeness (QED) is 0.777. The molecule has 0 aromatic carbocycles. The van der Waals surface area contributed by atoms with Crippen LogP contribution in [0.5, 0.6) is 6.01 Å². The van der Waals surface area contributed by atoms with Gasteiger partial charge in [-0.3, -0.25) is 0 Å². The van der Waals surface area contributed by atoms with E-state index in [0.717, 1.165) is 49.3 Å². The van der Waals surface area contributed by atoms with Crippen LogP contribution >= 0.6 is 0 Å². The van der Waals surface area contributed by atoms with Crippen LogP contribution in [-0.2, 0) is 4.74 Å². The number of anilines is 1. The van der Waals surface area contributed by atoms with Gasteiger partial charge in [0.15, 0.2) is 17.0 Å². The molecule has 0 spiro atoms. The zero-order valence-electron chi connectivity index (χ0n) is 15.2. The molecule has 3 heterocycles. The largest absolute Gasteiger partial charge is 0.467 e. The molecule has 138 valence electrons. The van der Waals surface area contributed by atoms with E-state index in [2.05, 4.69) is 31.3 Å². The normalized spacial score (nSPS) is 17.2. The maximum atomic E-state index is 9.45. The topological polar surface area (TPSA) is 85.5 Å². The summed E-state index contributed by atoms with van der Waals surface area (Å²) in [5.41, 5.74) is 1.58. The molecular formula is C17H27N5O3. The van der Waals surface area contributed by atoms with Crippen molar-refractivity contribution in [3.63, 3.8) is 0 Å². The van der Waals surface area contributed by atoms with Crippen molar-refractivity contribution >= 4 is 17.0 Å². The molecule has 0 amide bonds. The summed E-state index contributed by atoms with van der Waals surface area (Å²) < 4.78 is 12.7. The molecule has 0 saturated carbocycles. The Kier molecular flexibility index (Phi) is 5.70. The minimum atomic E-state index is -0.204. The van der Waals surface area contributed by atoms with Crippen LogP contribution in [0.4, 0.5) is 5.82 Å². The summed E-state index contributed by atoms with van der Waals surface area (Å²) in [7, 11) is 3.20. The van der Waals surface area contributed by atoms with Gasteiger partial charge in [0, 0.05) is 26.2 Å². The predicted molar refractivity (Wildman–Crippen MR) is 95.1 cm³/mol. The molecule has 2 aromatic rings. The summed E-state index contributed by atoms with van der Waals surface area (Å²) in [5.74, 6) is 0.846. The van der Waals surface area contributed by atoms with Crippen LogP contribution < -0.4 is 9.64 Å². The van der Waals surface area contributed by atoms with E-state index in [9.17, 15) is 5.11 Å². The number of imidazole rings is 1. The number of aliphatic hydroxyl groups excluding tert-OH is 1. The second-order valence-corrected chi connectivity index (χ2v) is 6.39. The third kappa shape index (κ3) is 3.55. The Morgan fingerprint density at radius 3 is 2.60 bits per heavy atom. The van der Waals surface area contributed by atoms with Crippen molar-refractivity contribution in [2.24, 2.45) is 0 Å². The molecule has 8 nitrogen and oxygen atoms in total. The highest BCUT2D eigenvalue weighted by Crippen LogP contribution is 2.31. The SMILES string of the molecule is CC[C@@H](CC(CO)OC)n1cnc2c(N3CCCC3)nc(OC)nc21. The number of nitrogens with zero attached hydrogens (tertiary/aromatic N) is 5. The fourth-order valence-corrected chi connectivity index (χ4v) is 3.42. The van der Waals surface area contributed by atoms with Gasteiger partial charge >= 0.3 is 6.01 Å².